The van der Waals surface area contributed by atoms with Gasteiger partial charge in [-0.1, -0.05) is 152 Å². The number of para-hydroxylation sites is 2. The summed E-state index contributed by atoms with van der Waals surface area (Å²) in [5, 5.41) is 9.36. The van der Waals surface area contributed by atoms with E-state index in [1.54, 1.807) is 0 Å². The quantitative estimate of drug-likeness (QED) is 0.140. The Bertz CT molecular complexity index is 3100. The number of nitrogens with zero attached hydrogens (tertiary/aromatic N) is 2. The Kier molecular flexibility index (Phi) is 5.16. The van der Waals surface area contributed by atoms with Crippen molar-refractivity contribution in [3.63, 3.8) is 0 Å². The minimum atomic E-state index is -0.433. The van der Waals surface area contributed by atoms with E-state index in [-0.39, 0.29) is 17.6 Å². The molecule has 2 nitrogen and oxygen atoms in total. The van der Waals surface area contributed by atoms with E-state index >= 15 is 0 Å². The average molecular weight is 628 g/mol. The molecule has 10 aromatic rings. The van der Waals surface area contributed by atoms with Gasteiger partial charge in [0.05, 0.1) is 17.9 Å². The molecular formula is C47H30N2. The van der Waals surface area contributed by atoms with Crippen molar-refractivity contribution in [3.8, 4) is 39.3 Å². The van der Waals surface area contributed by atoms with Gasteiger partial charge in [-0.25, -0.2) is 4.98 Å². The normalized spacial score (nSPS) is 13.1. The Hall–Kier alpha value is -6.51. The Morgan fingerprint density at radius 1 is 0.449 bits per heavy atom. The van der Waals surface area contributed by atoms with Crippen LogP contribution >= 0.6 is 0 Å². The van der Waals surface area contributed by atoms with E-state index in [4.69, 9.17) is 11.8 Å². The number of hydrogen-bond donors (Lipinski definition) is 0. The van der Waals surface area contributed by atoms with Gasteiger partial charge in [0.1, 0.15) is 5.82 Å². The van der Waals surface area contributed by atoms with Crippen molar-refractivity contribution < 1.29 is 6.85 Å². The van der Waals surface area contributed by atoms with Gasteiger partial charge < -0.3 is 0 Å². The number of hydrogen-bond acceptors (Lipinski definition) is 1. The molecule has 0 amide bonds. The third kappa shape index (κ3) is 4.31. The number of benzene rings is 9. The molecule has 49 heavy (non-hydrogen) atoms. The van der Waals surface area contributed by atoms with Crippen LogP contribution in [0, 0.1) is 0 Å². The molecule has 1 aromatic heterocycles. The molecule has 0 aliphatic rings. The van der Waals surface area contributed by atoms with Gasteiger partial charge in [0.15, 0.2) is 0 Å². The molecule has 0 unspecified atom stereocenters. The van der Waals surface area contributed by atoms with Crippen LogP contribution in [0.5, 0.6) is 0 Å². The highest BCUT2D eigenvalue weighted by atomic mass is 15.1. The molecule has 0 atom stereocenters. The number of rotatable bonds is 4. The monoisotopic (exact) mass is 627 g/mol. The topological polar surface area (TPSA) is 17.8 Å². The summed E-state index contributed by atoms with van der Waals surface area (Å²) in [7, 11) is 0. The summed E-state index contributed by atoms with van der Waals surface area (Å²) in [6.45, 7) is 0. The summed E-state index contributed by atoms with van der Waals surface area (Å²) < 4.78 is 44.6. The van der Waals surface area contributed by atoms with E-state index in [0.29, 0.717) is 11.3 Å². The highest BCUT2D eigenvalue weighted by molar-refractivity contribution is 6.25. The first-order valence-corrected chi connectivity index (χ1v) is 16.4. The summed E-state index contributed by atoms with van der Waals surface area (Å²) in [6, 6.07) is 50.9. The number of imidazole rings is 1. The first-order valence-electron chi connectivity index (χ1n) is 18.9. The lowest BCUT2D eigenvalue weighted by molar-refractivity contribution is 1.10. The number of aromatic nitrogens is 2. The fourth-order valence-corrected chi connectivity index (χ4v) is 7.61. The first-order chi connectivity index (χ1) is 26.4. The summed E-state index contributed by atoms with van der Waals surface area (Å²) in [5.41, 5.74) is 6.70. The van der Waals surface area contributed by atoms with Gasteiger partial charge in [0.2, 0.25) is 0 Å². The third-order valence-corrected chi connectivity index (χ3v) is 9.65. The molecular weight excluding hydrogens is 593 g/mol. The molecule has 0 radical (unpaired) electrons. The predicted octanol–water partition coefficient (Wildman–Crippen LogP) is 12.6. The molecule has 9 aromatic carbocycles. The minimum Gasteiger partial charge on any atom is -0.292 e. The van der Waals surface area contributed by atoms with E-state index in [2.05, 4.69) is 115 Å². The maximum absolute atomic E-state index is 8.82. The van der Waals surface area contributed by atoms with Crippen molar-refractivity contribution in [2.75, 3.05) is 0 Å². The lowest BCUT2D eigenvalue weighted by Gasteiger charge is -2.20. The van der Waals surface area contributed by atoms with Crippen LogP contribution < -0.4 is 0 Å². The summed E-state index contributed by atoms with van der Waals surface area (Å²) in [5.74, 6) is 0.290. The molecule has 10 rings (SSSR count). The molecule has 1 heterocycles. The highest BCUT2D eigenvalue weighted by Gasteiger charge is 2.20. The van der Waals surface area contributed by atoms with E-state index in [9.17, 15) is 0 Å². The zero-order valence-corrected chi connectivity index (χ0v) is 26.3. The predicted molar refractivity (Wildman–Crippen MR) is 207 cm³/mol. The molecule has 0 aliphatic carbocycles. The summed E-state index contributed by atoms with van der Waals surface area (Å²) in [6.07, 6.45) is 0. The molecule has 0 spiro atoms. The second-order valence-electron chi connectivity index (χ2n) is 12.3. The molecule has 2 heteroatoms. The Labute approximate surface area is 291 Å². The fraction of sp³-hybridized carbons (Fsp3) is 0. The number of fused-ring (bicyclic) bond motifs is 6. The van der Waals surface area contributed by atoms with Gasteiger partial charge in [-0.3, -0.25) is 4.57 Å². The molecule has 0 saturated heterocycles. The van der Waals surface area contributed by atoms with Gasteiger partial charge in [-0.05, 0) is 95.7 Å². The minimum absolute atomic E-state index is 0.0606. The molecule has 0 bridgehead atoms. The summed E-state index contributed by atoms with van der Waals surface area (Å²) in [4.78, 5) is 4.88. The van der Waals surface area contributed by atoms with Crippen molar-refractivity contribution in [1.82, 2.24) is 9.55 Å². The van der Waals surface area contributed by atoms with E-state index in [0.717, 1.165) is 43.9 Å². The third-order valence-electron chi connectivity index (χ3n) is 9.65. The van der Waals surface area contributed by atoms with Gasteiger partial charge in [0, 0.05) is 11.3 Å². The molecule has 0 N–H and O–H groups in total. The second-order valence-corrected chi connectivity index (χ2v) is 12.3. The standard InChI is InChI=1S/C47H30N2/c1-2-15-31(16-3-1)47-48-43-27-12-13-28-44(43)49(47)34-19-14-18-33(29-34)45-38-23-8-10-25-40(38)46(41-26-11-9-24-39(41)45)42-30-32-17-4-5-20-35(32)36-21-6-7-22-37(36)42/h1-30H/i1D,2D,3D,15D,16D. The van der Waals surface area contributed by atoms with E-state index < -0.39 is 18.1 Å². The SMILES string of the molecule is [2H]c1c([2H])c([2H])c(-c2nc3ccccc3n2-c2cccc(-c3c4ccccc4c(-c4cc5ccccc5c5ccccc45)c4ccccc34)c2)c([2H])c1[2H]. The average Bonchev–Trinajstić information content (AvgIpc) is 3.60. The first kappa shape index (κ1) is 22.9. The maximum atomic E-state index is 8.82. The van der Waals surface area contributed by atoms with Crippen LogP contribution in [-0.2, 0) is 0 Å². The largest absolute Gasteiger partial charge is 0.292 e. The van der Waals surface area contributed by atoms with Crippen molar-refractivity contribution in [2.24, 2.45) is 0 Å². The van der Waals surface area contributed by atoms with Crippen LogP contribution in [0.1, 0.15) is 6.85 Å². The van der Waals surface area contributed by atoms with Crippen LogP contribution in [0.4, 0.5) is 0 Å². The molecule has 228 valence electrons. The van der Waals surface area contributed by atoms with Crippen LogP contribution in [0.25, 0.3) is 93.5 Å². The Balaban J connectivity index is 1.27. The zero-order chi connectivity index (χ0) is 36.7. The molecule has 0 saturated carbocycles. The van der Waals surface area contributed by atoms with E-state index in [1.807, 2.05) is 41.0 Å². The lowest BCUT2D eigenvalue weighted by Crippen LogP contribution is -1.98. The van der Waals surface area contributed by atoms with Crippen molar-refractivity contribution >= 4 is 54.1 Å². The molecule has 0 fully saturated rings. The molecule has 0 aliphatic heterocycles. The van der Waals surface area contributed by atoms with Crippen LogP contribution in [-0.4, -0.2) is 9.55 Å². The fourth-order valence-electron chi connectivity index (χ4n) is 7.61. The van der Waals surface area contributed by atoms with Crippen molar-refractivity contribution in [2.45, 2.75) is 0 Å². The van der Waals surface area contributed by atoms with Crippen LogP contribution in [0.2, 0.25) is 0 Å². The van der Waals surface area contributed by atoms with Crippen molar-refractivity contribution in [3.05, 3.63) is 182 Å². The van der Waals surface area contributed by atoms with Gasteiger partial charge in [0.25, 0.3) is 0 Å². The van der Waals surface area contributed by atoms with Crippen LogP contribution in [0.15, 0.2) is 182 Å². The van der Waals surface area contributed by atoms with Gasteiger partial charge in [-0.15, -0.1) is 0 Å². The van der Waals surface area contributed by atoms with E-state index in [1.165, 1.54) is 32.7 Å². The lowest BCUT2D eigenvalue weighted by atomic mass is 9.84. The Morgan fingerprint density at radius 3 is 1.78 bits per heavy atom. The summed E-state index contributed by atoms with van der Waals surface area (Å²) >= 11 is 0. The maximum Gasteiger partial charge on any atom is 0.145 e. The van der Waals surface area contributed by atoms with Gasteiger partial charge in [-0.2, -0.15) is 0 Å². The smallest absolute Gasteiger partial charge is 0.145 e. The van der Waals surface area contributed by atoms with Crippen LogP contribution in [0.3, 0.4) is 0 Å². The zero-order valence-electron chi connectivity index (χ0n) is 31.3. The van der Waals surface area contributed by atoms with Gasteiger partial charge >= 0.3 is 0 Å². The Morgan fingerprint density at radius 2 is 1.04 bits per heavy atom. The second kappa shape index (κ2) is 11.0. The van der Waals surface area contributed by atoms with Crippen molar-refractivity contribution in [1.29, 1.82) is 0 Å². The highest BCUT2D eigenvalue weighted by Crippen LogP contribution is 2.46.